The molecule has 0 atom stereocenters. The molecule has 0 saturated carbocycles. The number of nitrogens with zero attached hydrogens (tertiary/aromatic N) is 1. The summed E-state index contributed by atoms with van der Waals surface area (Å²) in [4.78, 5) is 4.33. The third kappa shape index (κ3) is 3.45. The zero-order chi connectivity index (χ0) is 12.3. The summed E-state index contributed by atoms with van der Waals surface area (Å²) in [5.74, 6) is 0.852. The Morgan fingerprint density at radius 1 is 1.29 bits per heavy atom. The Morgan fingerprint density at radius 2 is 2.00 bits per heavy atom. The topological polar surface area (TPSA) is 24.9 Å². The minimum Gasteiger partial charge on any atom is -0.365 e. The van der Waals surface area contributed by atoms with Crippen molar-refractivity contribution in [2.24, 2.45) is 0 Å². The fourth-order valence-electron chi connectivity index (χ4n) is 1.45. The highest BCUT2D eigenvalue weighted by molar-refractivity contribution is 9.10. The smallest absolute Gasteiger partial charge is 0.140 e. The van der Waals surface area contributed by atoms with Gasteiger partial charge in [-0.25, -0.2) is 4.98 Å². The molecule has 2 nitrogen and oxygen atoms in total. The summed E-state index contributed by atoms with van der Waals surface area (Å²) in [6.07, 6.45) is 1.84. The summed E-state index contributed by atoms with van der Waals surface area (Å²) in [5, 5.41) is 4.03. The number of aryl methyl sites for hydroxylation is 1. The first-order valence-electron chi connectivity index (χ1n) is 5.25. The summed E-state index contributed by atoms with van der Waals surface area (Å²) in [6.45, 7) is 2.74. The van der Waals surface area contributed by atoms with Crippen molar-refractivity contribution in [3.8, 4) is 0 Å². The van der Waals surface area contributed by atoms with Gasteiger partial charge in [-0.3, -0.25) is 0 Å². The molecule has 2 rings (SSSR count). The van der Waals surface area contributed by atoms with Crippen molar-refractivity contribution in [2.75, 3.05) is 5.32 Å². The van der Waals surface area contributed by atoms with Gasteiger partial charge in [0.05, 0.1) is 4.47 Å². The average Bonchev–Trinajstić information content (AvgIpc) is 2.30. The molecule has 0 amide bonds. The minimum absolute atomic E-state index is 0.728. The number of hydrogen-bond donors (Lipinski definition) is 1. The molecule has 0 spiro atoms. The molecule has 4 heteroatoms. The Kier molecular flexibility index (Phi) is 4.02. The van der Waals surface area contributed by atoms with Crippen LogP contribution in [0.1, 0.15) is 11.1 Å². The van der Waals surface area contributed by atoms with E-state index in [9.17, 15) is 0 Å². The highest BCUT2D eigenvalue weighted by atomic mass is 79.9. The monoisotopic (exact) mass is 310 g/mol. The SMILES string of the molecule is Cc1cnc(NCc2ccc(Cl)cc2)c(Br)c1. The van der Waals surface area contributed by atoms with Crippen LogP contribution in [0.25, 0.3) is 0 Å². The molecule has 0 radical (unpaired) electrons. The van der Waals surface area contributed by atoms with Gasteiger partial charge < -0.3 is 5.32 Å². The fraction of sp³-hybridized carbons (Fsp3) is 0.154. The molecule has 0 unspecified atom stereocenters. The van der Waals surface area contributed by atoms with Gasteiger partial charge in [-0.15, -0.1) is 0 Å². The van der Waals surface area contributed by atoms with Crippen molar-refractivity contribution in [3.05, 3.63) is 57.2 Å². The molecule has 1 aromatic heterocycles. The first-order valence-corrected chi connectivity index (χ1v) is 6.43. The van der Waals surface area contributed by atoms with Gasteiger partial charge in [-0.2, -0.15) is 0 Å². The number of hydrogen-bond acceptors (Lipinski definition) is 2. The lowest BCUT2D eigenvalue weighted by Gasteiger charge is -2.08. The van der Waals surface area contributed by atoms with E-state index in [0.29, 0.717) is 0 Å². The van der Waals surface area contributed by atoms with Gasteiger partial charge in [0, 0.05) is 17.8 Å². The lowest BCUT2D eigenvalue weighted by atomic mass is 10.2. The second-order valence-corrected chi connectivity index (χ2v) is 5.11. The highest BCUT2D eigenvalue weighted by Gasteiger charge is 2.01. The number of rotatable bonds is 3. The third-order valence-electron chi connectivity index (χ3n) is 2.35. The van der Waals surface area contributed by atoms with Crippen molar-refractivity contribution in [2.45, 2.75) is 13.5 Å². The van der Waals surface area contributed by atoms with Crippen LogP contribution in [0.15, 0.2) is 41.0 Å². The lowest BCUT2D eigenvalue weighted by Crippen LogP contribution is -2.02. The van der Waals surface area contributed by atoms with E-state index in [2.05, 4.69) is 26.2 Å². The predicted molar refractivity (Wildman–Crippen MR) is 75.5 cm³/mol. The van der Waals surface area contributed by atoms with E-state index in [-0.39, 0.29) is 0 Å². The van der Waals surface area contributed by atoms with Gasteiger partial charge in [0.25, 0.3) is 0 Å². The number of nitrogens with one attached hydrogen (secondary N) is 1. The van der Waals surface area contributed by atoms with E-state index in [4.69, 9.17) is 11.6 Å². The summed E-state index contributed by atoms with van der Waals surface area (Å²) >= 11 is 9.32. The van der Waals surface area contributed by atoms with Crippen LogP contribution < -0.4 is 5.32 Å². The van der Waals surface area contributed by atoms with Gasteiger partial charge in [-0.1, -0.05) is 23.7 Å². The standard InChI is InChI=1S/C13H12BrClN2/c1-9-6-12(14)13(16-7-9)17-8-10-2-4-11(15)5-3-10/h2-7H,8H2,1H3,(H,16,17). The van der Waals surface area contributed by atoms with Gasteiger partial charge in [0.2, 0.25) is 0 Å². The molecule has 88 valence electrons. The Bertz CT molecular complexity index is 511. The van der Waals surface area contributed by atoms with Crippen molar-refractivity contribution < 1.29 is 0 Å². The van der Waals surface area contributed by atoms with E-state index in [1.165, 1.54) is 5.56 Å². The highest BCUT2D eigenvalue weighted by Crippen LogP contribution is 2.21. The Labute approximate surface area is 114 Å². The molecule has 0 fully saturated rings. The van der Waals surface area contributed by atoms with Gasteiger partial charge in [-0.05, 0) is 52.2 Å². The van der Waals surface area contributed by atoms with Crippen LogP contribution in [0, 0.1) is 6.92 Å². The van der Waals surface area contributed by atoms with E-state index in [1.807, 2.05) is 43.5 Å². The van der Waals surface area contributed by atoms with Crippen molar-refractivity contribution in [1.82, 2.24) is 4.98 Å². The maximum absolute atomic E-state index is 5.83. The van der Waals surface area contributed by atoms with Crippen LogP contribution >= 0.6 is 27.5 Å². The number of aromatic nitrogens is 1. The molecular formula is C13H12BrClN2. The molecule has 0 aliphatic rings. The molecule has 1 N–H and O–H groups in total. The molecule has 0 aliphatic carbocycles. The number of benzene rings is 1. The fourth-order valence-corrected chi connectivity index (χ4v) is 2.18. The molecule has 0 saturated heterocycles. The number of anilines is 1. The van der Waals surface area contributed by atoms with Crippen LogP contribution in [-0.4, -0.2) is 4.98 Å². The molecule has 1 heterocycles. The molecule has 1 aromatic carbocycles. The average molecular weight is 312 g/mol. The Hall–Kier alpha value is -1.06. The maximum Gasteiger partial charge on any atom is 0.140 e. The number of pyridine rings is 1. The van der Waals surface area contributed by atoms with Crippen LogP contribution in [0.2, 0.25) is 5.02 Å². The zero-order valence-corrected chi connectivity index (χ0v) is 11.7. The Morgan fingerprint density at radius 3 is 2.65 bits per heavy atom. The zero-order valence-electron chi connectivity index (χ0n) is 9.37. The van der Waals surface area contributed by atoms with Crippen molar-refractivity contribution in [3.63, 3.8) is 0 Å². The van der Waals surface area contributed by atoms with Crippen LogP contribution in [0.4, 0.5) is 5.82 Å². The summed E-state index contributed by atoms with van der Waals surface area (Å²) in [5.41, 5.74) is 2.30. The summed E-state index contributed by atoms with van der Waals surface area (Å²) in [7, 11) is 0. The molecular weight excluding hydrogens is 300 g/mol. The Balaban J connectivity index is 2.04. The van der Waals surface area contributed by atoms with E-state index < -0.39 is 0 Å². The predicted octanol–water partition coefficient (Wildman–Crippen LogP) is 4.42. The van der Waals surface area contributed by atoms with Crippen molar-refractivity contribution >= 4 is 33.3 Å². The van der Waals surface area contributed by atoms with E-state index in [1.54, 1.807) is 0 Å². The second-order valence-electron chi connectivity index (χ2n) is 3.82. The summed E-state index contributed by atoms with van der Waals surface area (Å²) < 4.78 is 0.978. The third-order valence-corrected chi connectivity index (χ3v) is 3.21. The second kappa shape index (κ2) is 5.52. The van der Waals surface area contributed by atoms with Crippen LogP contribution in [-0.2, 0) is 6.54 Å². The quantitative estimate of drug-likeness (QED) is 0.907. The molecule has 0 bridgehead atoms. The summed E-state index contributed by atoms with van der Waals surface area (Å²) in [6, 6.07) is 9.80. The lowest BCUT2D eigenvalue weighted by molar-refractivity contribution is 1.10. The first-order chi connectivity index (χ1) is 8.15. The van der Waals surface area contributed by atoms with Crippen LogP contribution in [0.5, 0.6) is 0 Å². The minimum atomic E-state index is 0.728. The van der Waals surface area contributed by atoms with E-state index in [0.717, 1.165) is 27.4 Å². The molecule has 2 aromatic rings. The van der Waals surface area contributed by atoms with Gasteiger partial charge in [0.15, 0.2) is 0 Å². The normalized spacial score (nSPS) is 10.3. The van der Waals surface area contributed by atoms with Crippen molar-refractivity contribution in [1.29, 1.82) is 0 Å². The molecule has 0 aliphatic heterocycles. The first kappa shape index (κ1) is 12.4. The largest absolute Gasteiger partial charge is 0.365 e. The number of halogens is 2. The van der Waals surface area contributed by atoms with Crippen LogP contribution in [0.3, 0.4) is 0 Å². The maximum atomic E-state index is 5.83. The van der Waals surface area contributed by atoms with Gasteiger partial charge in [0.1, 0.15) is 5.82 Å². The molecule has 17 heavy (non-hydrogen) atoms. The van der Waals surface area contributed by atoms with E-state index >= 15 is 0 Å². The van der Waals surface area contributed by atoms with Gasteiger partial charge >= 0.3 is 0 Å².